The van der Waals surface area contributed by atoms with Gasteiger partial charge in [0.1, 0.15) is 12.2 Å². The lowest BCUT2D eigenvalue weighted by Crippen LogP contribution is -2.12. The van der Waals surface area contributed by atoms with Crippen molar-refractivity contribution in [3.05, 3.63) is 52.5 Å². The zero-order valence-electron chi connectivity index (χ0n) is 14.1. The van der Waals surface area contributed by atoms with E-state index in [9.17, 15) is 9.18 Å². The van der Waals surface area contributed by atoms with Gasteiger partial charge in [-0.3, -0.25) is 0 Å². The molecule has 0 aliphatic carbocycles. The summed E-state index contributed by atoms with van der Waals surface area (Å²) in [4.78, 5) is 16.0. The van der Waals surface area contributed by atoms with Crippen molar-refractivity contribution in [2.75, 3.05) is 26.2 Å². The highest BCUT2D eigenvalue weighted by atomic mass is 35.5. The van der Waals surface area contributed by atoms with Gasteiger partial charge in [-0.05, 0) is 29.8 Å². The number of hydrogen-bond donors (Lipinski definition) is 1. The van der Waals surface area contributed by atoms with Crippen LogP contribution in [0.25, 0.3) is 11.1 Å². The fourth-order valence-electron chi connectivity index (χ4n) is 2.53. The number of rotatable bonds is 6. The van der Waals surface area contributed by atoms with E-state index < -0.39 is 18.7 Å². The van der Waals surface area contributed by atoms with Crippen molar-refractivity contribution in [3.8, 4) is 5.75 Å². The van der Waals surface area contributed by atoms with Gasteiger partial charge in [0.25, 0.3) is 6.01 Å². The number of nitrogens with zero attached hydrogens (tertiary/aromatic N) is 1. The number of nitrogens with one attached hydrogen (secondary N) is 1. The molecule has 0 saturated heterocycles. The van der Waals surface area contributed by atoms with E-state index in [0.717, 1.165) is 0 Å². The summed E-state index contributed by atoms with van der Waals surface area (Å²) in [5, 5.41) is 3.40. The van der Waals surface area contributed by atoms with E-state index in [0.29, 0.717) is 27.4 Å². The van der Waals surface area contributed by atoms with Crippen LogP contribution in [0.1, 0.15) is 22.0 Å². The van der Waals surface area contributed by atoms with Crippen LogP contribution < -0.4 is 10.1 Å². The third-order valence-corrected chi connectivity index (χ3v) is 4.04. The second-order valence-corrected chi connectivity index (χ2v) is 5.88. The molecule has 0 spiro atoms. The quantitative estimate of drug-likeness (QED) is 0.641. The first-order valence-corrected chi connectivity index (χ1v) is 8.08. The summed E-state index contributed by atoms with van der Waals surface area (Å²) in [6.45, 7) is -0.691. The zero-order chi connectivity index (χ0) is 18.7. The zero-order valence-corrected chi connectivity index (χ0v) is 14.8. The number of benzene rings is 2. The Morgan fingerprint density at radius 1 is 1.35 bits per heavy atom. The molecule has 1 N–H and O–H groups in total. The van der Waals surface area contributed by atoms with Gasteiger partial charge in [0, 0.05) is 5.02 Å². The standard InChI is InChI=1S/C18H16ClFN2O4/c1-24-15-8-11(17(23)25-2)7-13-16(15)26-18(21-13)22-14(9-20)10-4-3-5-12(19)6-10/h3-8,14H,9H2,1-2H3,(H,21,22). The number of halogens is 2. The Kier molecular flexibility index (Phi) is 5.27. The summed E-state index contributed by atoms with van der Waals surface area (Å²) in [6, 6.07) is 9.28. The van der Waals surface area contributed by atoms with E-state index in [4.69, 9.17) is 25.5 Å². The molecule has 1 unspecified atom stereocenters. The number of methoxy groups -OCH3 is 2. The van der Waals surface area contributed by atoms with Crippen LogP contribution in [-0.2, 0) is 4.74 Å². The lowest BCUT2D eigenvalue weighted by atomic mass is 10.1. The van der Waals surface area contributed by atoms with Crippen LogP contribution in [0.2, 0.25) is 5.02 Å². The number of esters is 1. The Hall–Kier alpha value is -2.80. The van der Waals surface area contributed by atoms with Gasteiger partial charge in [-0.15, -0.1) is 0 Å². The molecular weight excluding hydrogens is 363 g/mol. The van der Waals surface area contributed by atoms with Gasteiger partial charge in [-0.25, -0.2) is 9.18 Å². The molecule has 1 atom stereocenters. The lowest BCUT2D eigenvalue weighted by Gasteiger charge is -2.14. The molecule has 0 bridgehead atoms. The largest absolute Gasteiger partial charge is 0.493 e. The highest BCUT2D eigenvalue weighted by Gasteiger charge is 2.19. The molecular formula is C18H16ClFN2O4. The molecule has 0 aliphatic heterocycles. The van der Waals surface area contributed by atoms with Crippen molar-refractivity contribution in [1.29, 1.82) is 0 Å². The van der Waals surface area contributed by atoms with E-state index in [1.165, 1.54) is 26.4 Å². The van der Waals surface area contributed by atoms with Crippen molar-refractivity contribution in [1.82, 2.24) is 4.98 Å². The van der Waals surface area contributed by atoms with Crippen LogP contribution in [-0.4, -0.2) is 31.8 Å². The highest BCUT2D eigenvalue weighted by molar-refractivity contribution is 6.30. The Labute approximate surface area is 153 Å². The third-order valence-electron chi connectivity index (χ3n) is 3.80. The van der Waals surface area contributed by atoms with Crippen LogP contribution in [0.15, 0.2) is 40.8 Å². The molecule has 0 saturated carbocycles. The first-order chi connectivity index (χ1) is 12.5. The summed E-state index contributed by atoms with van der Waals surface area (Å²) in [6.07, 6.45) is 0. The molecule has 0 aliphatic rings. The number of alkyl halides is 1. The molecule has 0 fully saturated rings. The maximum Gasteiger partial charge on any atom is 0.338 e. The maximum atomic E-state index is 13.5. The maximum absolute atomic E-state index is 13.5. The average Bonchev–Trinajstić information content (AvgIpc) is 3.07. The predicted octanol–water partition coefficient (Wildman–Crippen LogP) is 4.40. The monoisotopic (exact) mass is 378 g/mol. The van der Waals surface area contributed by atoms with Gasteiger partial charge < -0.3 is 19.2 Å². The molecule has 6 nitrogen and oxygen atoms in total. The van der Waals surface area contributed by atoms with Crippen LogP contribution in [0.5, 0.6) is 5.75 Å². The summed E-state index contributed by atoms with van der Waals surface area (Å²) in [5.74, 6) is -0.203. The molecule has 1 aromatic heterocycles. The molecule has 3 rings (SSSR count). The summed E-state index contributed by atoms with van der Waals surface area (Å²) >= 11 is 5.96. The number of ether oxygens (including phenoxy) is 2. The van der Waals surface area contributed by atoms with E-state index in [2.05, 4.69) is 10.3 Å². The molecule has 0 amide bonds. The minimum Gasteiger partial charge on any atom is -0.493 e. The third kappa shape index (κ3) is 3.57. The number of fused-ring (bicyclic) bond motifs is 1. The molecule has 136 valence electrons. The van der Waals surface area contributed by atoms with Gasteiger partial charge in [-0.2, -0.15) is 4.98 Å². The second-order valence-electron chi connectivity index (χ2n) is 5.44. The van der Waals surface area contributed by atoms with Crippen LogP contribution in [0, 0.1) is 0 Å². The first-order valence-electron chi connectivity index (χ1n) is 7.70. The van der Waals surface area contributed by atoms with E-state index in [1.807, 2.05) is 0 Å². The molecule has 3 aromatic rings. The fourth-order valence-corrected chi connectivity index (χ4v) is 2.73. The SMILES string of the molecule is COC(=O)c1cc(OC)c2oc(NC(CF)c3cccc(Cl)c3)nc2c1. The van der Waals surface area contributed by atoms with Crippen LogP contribution in [0.3, 0.4) is 0 Å². The van der Waals surface area contributed by atoms with E-state index in [1.54, 1.807) is 24.3 Å². The number of carbonyl (C=O) groups excluding carboxylic acids is 1. The molecule has 8 heteroatoms. The number of anilines is 1. The van der Waals surface area contributed by atoms with Crippen molar-refractivity contribution in [2.45, 2.75) is 6.04 Å². The smallest absolute Gasteiger partial charge is 0.338 e. The van der Waals surface area contributed by atoms with E-state index >= 15 is 0 Å². The number of carbonyl (C=O) groups is 1. The van der Waals surface area contributed by atoms with Crippen LogP contribution in [0.4, 0.5) is 10.4 Å². The lowest BCUT2D eigenvalue weighted by molar-refractivity contribution is 0.0600. The number of aromatic nitrogens is 1. The van der Waals surface area contributed by atoms with Gasteiger partial charge in [-0.1, -0.05) is 23.7 Å². The van der Waals surface area contributed by atoms with Gasteiger partial charge in [0.2, 0.25) is 0 Å². The van der Waals surface area contributed by atoms with Crippen molar-refractivity contribution in [2.24, 2.45) is 0 Å². The highest BCUT2D eigenvalue weighted by Crippen LogP contribution is 2.32. The van der Waals surface area contributed by atoms with Crippen molar-refractivity contribution >= 4 is 34.7 Å². The summed E-state index contributed by atoms with van der Waals surface area (Å²) in [7, 11) is 2.73. The summed E-state index contributed by atoms with van der Waals surface area (Å²) in [5.41, 5.74) is 1.65. The minimum atomic E-state index is -0.691. The van der Waals surface area contributed by atoms with Gasteiger partial charge in [0.05, 0.1) is 25.8 Å². The average molecular weight is 379 g/mol. The molecule has 1 heterocycles. The minimum absolute atomic E-state index is 0.0999. The molecule has 26 heavy (non-hydrogen) atoms. The van der Waals surface area contributed by atoms with Gasteiger partial charge >= 0.3 is 5.97 Å². The normalized spacial score (nSPS) is 12.0. The van der Waals surface area contributed by atoms with E-state index in [-0.39, 0.29) is 11.6 Å². The second kappa shape index (κ2) is 7.61. The Morgan fingerprint density at radius 2 is 2.15 bits per heavy atom. The number of hydrogen-bond acceptors (Lipinski definition) is 6. The fraction of sp³-hybridized carbons (Fsp3) is 0.222. The topological polar surface area (TPSA) is 73.6 Å². The first kappa shape index (κ1) is 18.0. The molecule has 2 aromatic carbocycles. The summed E-state index contributed by atoms with van der Waals surface area (Å²) < 4.78 is 29.1. The number of oxazole rings is 1. The molecule has 0 radical (unpaired) electrons. The van der Waals surface area contributed by atoms with Crippen LogP contribution >= 0.6 is 11.6 Å². The Morgan fingerprint density at radius 3 is 2.81 bits per heavy atom. The van der Waals surface area contributed by atoms with Crippen molar-refractivity contribution < 1.29 is 23.1 Å². The predicted molar refractivity (Wildman–Crippen MR) is 95.7 cm³/mol. The van der Waals surface area contributed by atoms with Crippen molar-refractivity contribution in [3.63, 3.8) is 0 Å². The Balaban J connectivity index is 1.96. The Bertz CT molecular complexity index is 944. The van der Waals surface area contributed by atoms with Gasteiger partial charge in [0.15, 0.2) is 11.3 Å².